The Labute approximate surface area is 153 Å². The van der Waals surface area contributed by atoms with E-state index in [0.717, 1.165) is 5.43 Å². The van der Waals surface area contributed by atoms with E-state index in [1.54, 1.807) is 13.0 Å². The van der Waals surface area contributed by atoms with E-state index in [1.807, 2.05) is 0 Å². The SMILES string of the molecule is CCOc1cc(C=NNC(=O)C(F)(F)C(F)(F)C(F)(F)F)ccc1OCC#N. The van der Waals surface area contributed by atoms with E-state index in [-0.39, 0.29) is 30.3 Å². The van der Waals surface area contributed by atoms with E-state index in [4.69, 9.17) is 14.7 Å². The summed E-state index contributed by atoms with van der Waals surface area (Å²) in [7, 11) is 0. The summed E-state index contributed by atoms with van der Waals surface area (Å²) in [4.78, 5) is 11.1. The highest BCUT2D eigenvalue weighted by atomic mass is 19.4. The van der Waals surface area contributed by atoms with E-state index >= 15 is 0 Å². The van der Waals surface area contributed by atoms with E-state index in [1.165, 1.54) is 18.2 Å². The standard InChI is InChI=1S/C15H12F7N3O3/c1-2-27-11-7-9(3-4-10(11)28-6-5-23)8-24-25-12(26)13(16,17)14(18,19)15(20,21)22/h3-4,7-8H,2,6H2,1H3,(H,25,26). The summed E-state index contributed by atoms with van der Waals surface area (Å²) in [5.74, 6) is -15.3. The van der Waals surface area contributed by atoms with Gasteiger partial charge in [0.1, 0.15) is 6.07 Å². The first-order valence-electron chi connectivity index (χ1n) is 7.31. The monoisotopic (exact) mass is 415 g/mol. The fraction of sp³-hybridized carbons (Fsp3) is 0.400. The first-order valence-corrected chi connectivity index (χ1v) is 7.31. The van der Waals surface area contributed by atoms with E-state index < -0.39 is 23.9 Å². The fourth-order valence-corrected chi connectivity index (χ4v) is 1.66. The maximum atomic E-state index is 13.1. The molecule has 1 aromatic rings. The van der Waals surface area contributed by atoms with Crippen molar-refractivity contribution in [2.24, 2.45) is 5.10 Å². The van der Waals surface area contributed by atoms with Crippen LogP contribution in [-0.2, 0) is 4.79 Å². The second-order valence-electron chi connectivity index (χ2n) is 4.93. The van der Waals surface area contributed by atoms with Crippen molar-refractivity contribution in [3.63, 3.8) is 0 Å². The molecule has 0 radical (unpaired) electrons. The molecule has 0 aliphatic rings. The quantitative estimate of drug-likeness (QED) is 0.401. The number of carbonyl (C=O) groups excluding carboxylic acids is 1. The minimum atomic E-state index is -6.64. The summed E-state index contributed by atoms with van der Waals surface area (Å²) < 4.78 is 98.1. The van der Waals surface area contributed by atoms with Crippen LogP contribution in [0.25, 0.3) is 0 Å². The molecule has 0 saturated heterocycles. The van der Waals surface area contributed by atoms with Gasteiger partial charge in [0.2, 0.25) is 0 Å². The Balaban J connectivity index is 2.93. The van der Waals surface area contributed by atoms with Crippen molar-refractivity contribution in [1.29, 1.82) is 5.26 Å². The zero-order valence-corrected chi connectivity index (χ0v) is 14.0. The van der Waals surface area contributed by atoms with Gasteiger partial charge in [0.25, 0.3) is 0 Å². The number of alkyl halides is 7. The average Bonchev–Trinajstić information content (AvgIpc) is 2.60. The third-order valence-corrected chi connectivity index (χ3v) is 2.98. The summed E-state index contributed by atoms with van der Waals surface area (Å²) in [5.41, 5.74) is 1.03. The van der Waals surface area contributed by atoms with Crippen LogP contribution >= 0.6 is 0 Å². The molecule has 0 unspecified atom stereocenters. The third kappa shape index (κ3) is 5.02. The Kier molecular flexibility index (Phi) is 7.20. The molecule has 154 valence electrons. The Morgan fingerprint density at radius 3 is 2.36 bits per heavy atom. The Bertz CT molecular complexity index is 773. The number of hydrogen-bond acceptors (Lipinski definition) is 5. The predicted molar refractivity (Wildman–Crippen MR) is 80.4 cm³/mol. The van der Waals surface area contributed by atoms with Crippen molar-refractivity contribution in [2.75, 3.05) is 13.2 Å². The first-order chi connectivity index (χ1) is 12.9. The van der Waals surface area contributed by atoms with E-state index in [0.29, 0.717) is 6.21 Å². The summed E-state index contributed by atoms with van der Waals surface area (Å²) >= 11 is 0. The van der Waals surface area contributed by atoms with Crippen LogP contribution in [0.2, 0.25) is 0 Å². The number of ether oxygens (including phenoxy) is 2. The van der Waals surface area contributed by atoms with Gasteiger partial charge in [0, 0.05) is 0 Å². The molecule has 0 bridgehead atoms. The zero-order chi connectivity index (χ0) is 21.6. The predicted octanol–water partition coefficient (Wildman–Crippen LogP) is 3.27. The molecule has 0 fully saturated rings. The molecule has 1 amide bonds. The van der Waals surface area contributed by atoms with Crippen molar-refractivity contribution >= 4 is 12.1 Å². The van der Waals surface area contributed by atoms with Gasteiger partial charge in [-0.15, -0.1) is 0 Å². The number of rotatable bonds is 8. The molecule has 6 nitrogen and oxygen atoms in total. The van der Waals surface area contributed by atoms with E-state index in [9.17, 15) is 35.5 Å². The van der Waals surface area contributed by atoms with Crippen LogP contribution in [0.4, 0.5) is 30.7 Å². The lowest BCUT2D eigenvalue weighted by Crippen LogP contribution is -2.58. The lowest BCUT2D eigenvalue weighted by molar-refractivity contribution is -0.344. The summed E-state index contributed by atoms with van der Waals surface area (Å²) in [5, 5.41) is 11.4. The number of benzene rings is 1. The van der Waals surface area contributed by atoms with Crippen molar-refractivity contribution in [1.82, 2.24) is 5.43 Å². The minimum Gasteiger partial charge on any atom is -0.490 e. The van der Waals surface area contributed by atoms with Crippen LogP contribution in [0.5, 0.6) is 11.5 Å². The van der Waals surface area contributed by atoms with Crippen molar-refractivity contribution in [3.05, 3.63) is 23.8 Å². The molecule has 0 aliphatic heterocycles. The Hall–Kier alpha value is -3.04. The minimum absolute atomic E-state index is 0.0963. The van der Waals surface area contributed by atoms with Gasteiger partial charge >= 0.3 is 23.9 Å². The first kappa shape index (κ1) is 23.0. The highest BCUT2D eigenvalue weighted by Gasteiger charge is 2.76. The smallest absolute Gasteiger partial charge is 0.460 e. The maximum Gasteiger partial charge on any atom is 0.460 e. The zero-order valence-electron chi connectivity index (χ0n) is 14.0. The van der Waals surface area contributed by atoms with Gasteiger partial charge in [-0.05, 0) is 30.7 Å². The lowest BCUT2D eigenvalue weighted by Gasteiger charge is -2.26. The number of nitriles is 1. The summed E-state index contributed by atoms with van der Waals surface area (Å²) in [6.07, 6.45) is -5.93. The normalized spacial score (nSPS) is 12.5. The fourth-order valence-electron chi connectivity index (χ4n) is 1.66. The number of amides is 1. The molecule has 0 aliphatic carbocycles. The molecule has 0 saturated carbocycles. The van der Waals surface area contributed by atoms with Crippen LogP contribution in [0.1, 0.15) is 12.5 Å². The van der Waals surface area contributed by atoms with Crippen LogP contribution in [0.15, 0.2) is 23.3 Å². The third-order valence-electron chi connectivity index (χ3n) is 2.98. The molecule has 1 rings (SSSR count). The lowest BCUT2D eigenvalue weighted by atomic mass is 10.1. The molecule has 28 heavy (non-hydrogen) atoms. The molecular formula is C15H12F7N3O3. The topological polar surface area (TPSA) is 83.7 Å². The molecular weight excluding hydrogens is 403 g/mol. The number of hydrogen-bond donors (Lipinski definition) is 1. The van der Waals surface area contributed by atoms with Crippen molar-refractivity contribution in [3.8, 4) is 17.6 Å². The van der Waals surface area contributed by atoms with Gasteiger partial charge in [-0.1, -0.05) is 0 Å². The van der Waals surface area contributed by atoms with Crippen molar-refractivity contribution < 1.29 is 45.0 Å². The van der Waals surface area contributed by atoms with Gasteiger partial charge in [0.05, 0.1) is 12.8 Å². The van der Waals surface area contributed by atoms with Crippen LogP contribution < -0.4 is 14.9 Å². The van der Waals surface area contributed by atoms with Gasteiger partial charge in [-0.3, -0.25) is 4.79 Å². The number of halogens is 7. The number of nitrogens with zero attached hydrogens (tertiary/aromatic N) is 2. The van der Waals surface area contributed by atoms with Crippen LogP contribution in [0, 0.1) is 11.3 Å². The molecule has 0 spiro atoms. The van der Waals surface area contributed by atoms with Gasteiger partial charge in [-0.25, -0.2) is 5.43 Å². The van der Waals surface area contributed by atoms with Gasteiger partial charge in [0.15, 0.2) is 18.1 Å². The second-order valence-corrected chi connectivity index (χ2v) is 4.93. The molecule has 1 N–H and O–H groups in total. The highest BCUT2D eigenvalue weighted by Crippen LogP contribution is 2.46. The number of hydrazone groups is 1. The molecule has 13 heteroatoms. The van der Waals surface area contributed by atoms with E-state index in [2.05, 4.69) is 5.10 Å². The molecule has 1 aromatic carbocycles. The Morgan fingerprint density at radius 2 is 1.82 bits per heavy atom. The summed E-state index contributed by atoms with van der Waals surface area (Å²) in [6, 6.07) is 5.54. The van der Waals surface area contributed by atoms with Crippen molar-refractivity contribution in [2.45, 2.75) is 24.9 Å². The Morgan fingerprint density at radius 1 is 1.18 bits per heavy atom. The number of carbonyl (C=O) groups is 1. The van der Waals surface area contributed by atoms with Gasteiger partial charge in [-0.2, -0.15) is 41.1 Å². The molecule has 0 aromatic heterocycles. The largest absolute Gasteiger partial charge is 0.490 e. The van der Waals surface area contributed by atoms with Crippen LogP contribution in [0.3, 0.4) is 0 Å². The number of nitrogens with one attached hydrogen (secondary N) is 1. The summed E-state index contributed by atoms with van der Waals surface area (Å²) in [6.45, 7) is 1.50. The highest BCUT2D eigenvalue weighted by molar-refractivity contribution is 5.87. The maximum absolute atomic E-state index is 13.1. The molecule has 0 heterocycles. The van der Waals surface area contributed by atoms with Gasteiger partial charge < -0.3 is 9.47 Å². The average molecular weight is 415 g/mol. The van der Waals surface area contributed by atoms with Crippen LogP contribution in [-0.4, -0.2) is 43.4 Å². The second kappa shape index (κ2) is 8.77. The molecule has 0 atom stereocenters.